The Kier molecular flexibility index (Phi) is 5.41. The van der Waals surface area contributed by atoms with E-state index in [9.17, 15) is 22.0 Å². The minimum Gasteiger partial charge on any atom is -0.455 e. The van der Waals surface area contributed by atoms with Crippen molar-refractivity contribution in [3.8, 4) is 0 Å². The zero-order valence-electron chi connectivity index (χ0n) is 11.5. The predicted octanol–water partition coefficient (Wildman–Crippen LogP) is 2.72. The summed E-state index contributed by atoms with van der Waals surface area (Å²) in [6, 6.07) is 6.75. The largest absolute Gasteiger partial charge is 0.465 e. The number of alkyl halides is 2. The number of esters is 1. The quantitative estimate of drug-likeness (QED) is 0.643. The van der Waals surface area contributed by atoms with Crippen molar-refractivity contribution in [3.63, 3.8) is 0 Å². The third-order valence-electron chi connectivity index (χ3n) is 3.09. The molecule has 0 heterocycles. The molecular formula is C13H16F2O5S. The number of ether oxygens (including phenoxy) is 1. The van der Waals surface area contributed by atoms with Crippen molar-refractivity contribution in [3.05, 3.63) is 35.4 Å². The number of halogens is 2. The van der Waals surface area contributed by atoms with Gasteiger partial charge in [0.1, 0.15) is 6.61 Å². The fourth-order valence-corrected chi connectivity index (χ4v) is 1.79. The molecule has 0 aliphatic rings. The van der Waals surface area contributed by atoms with Crippen LogP contribution in [0.3, 0.4) is 0 Å². The molecule has 0 saturated heterocycles. The van der Waals surface area contributed by atoms with E-state index in [2.05, 4.69) is 4.74 Å². The van der Waals surface area contributed by atoms with Gasteiger partial charge in [-0.2, -0.15) is 17.2 Å². The van der Waals surface area contributed by atoms with Gasteiger partial charge in [0, 0.05) is 0 Å². The summed E-state index contributed by atoms with van der Waals surface area (Å²) < 4.78 is 59.1. The molecule has 5 nitrogen and oxygen atoms in total. The van der Waals surface area contributed by atoms with E-state index in [1.807, 2.05) is 13.8 Å². The highest BCUT2D eigenvalue weighted by Crippen LogP contribution is 2.23. The molecule has 1 N–H and O–H groups in total. The number of hydrogen-bond acceptors (Lipinski definition) is 4. The third-order valence-corrected chi connectivity index (χ3v) is 3.91. The molecule has 0 bridgehead atoms. The molecule has 1 atom stereocenters. The molecule has 0 fully saturated rings. The van der Waals surface area contributed by atoms with Crippen molar-refractivity contribution in [2.75, 3.05) is 0 Å². The zero-order valence-corrected chi connectivity index (χ0v) is 12.4. The molecule has 0 saturated carbocycles. The second kappa shape index (κ2) is 6.48. The molecule has 0 aromatic heterocycles. The van der Waals surface area contributed by atoms with Crippen LogP contribution in [0, 0.1) is 0 Å². The van der Waals surface area contributed by atoms with Gasteiger partial charge in [-0.1, -0.05) is 38.1 Å². The second-order valence-corrected chi connectivity index (χ2v) is 6.08. The minimum absolute atomic E-state index is 0.338. The Morgan fingerprint density at radius 2 is 1.86 bits per heavy atom. The first kappa shape index (κ1) is 17.5. The van der Waals surface area contributed by atoms with Gasteiger partial charge >= 0.3 is 21.3 Å². The van der Waals surface area contributed by atoms with Gasteiger partial charge in [0.25, 0.3) is 0 Å². The van der Waals surface area contributed by atoms with Crippen LogP contribution >= 0.6 is 0 Å². The van der Waals surface area contributed by atoms with Crippen LogP contribution in [0.15, 0.2) is 24.3 Å². The summed E-state index contributed by atoms with van der Waals surface area (Å²) in [5, 5.41) is -4.97. The molecule has 0 radical (unpaired) electrons. The van der Waals surface area contributed by atoms with E-state index in [0.29, 0.717) is 11.5 Å². The van der Waals surface area contributed by atoms with E-state index in [0.717, 1.165) is 12.0 Å². The van der Waals surface area contributed by atoms with E-state index in [-0.39, 0.29) is 0 Å². The smallest absolute Gasteiger partial charge is 0.455 e. The molecule has 1 unspecified atom stereocenters. The summed E-state index contributed by atoms with van der Waals surface area (Å²) in [5.74, 6) is -1.97. The fourth-order valence-electron chi connectivity index (χ4n) is 1.52. The molecule has 0 spiro atoms. The highest BCUT2D eigenvalue weighted by molar-refractivity contribution is 7.87. The minimum atomic E-state index is -5.84. The van der Waals surface area contributed by atoms with Crippen molar-refractivity contribution in [1.29, 1.82) is 0 Å². The van der Waals surface area contributed by atoms with E-state index in [1.165, 1.54) is 0 Å². The monoisotopic (exact) mass is 322 g/mol. The standard InChI is InChI=1S/C13H16F2O5S/c1-3-9(2)11-6-4-10(5-7-11)8-20-12(16)13(14,15)21(17,18)19/h4-7,9H,3,8H2,1-2H3,(H,17,18,19). The fraction of sp³-hybridized carbons (Fsp3) is 0.462. The van der Waals surface area contributed by atoms with Crippen LogP contribution in [0.4, 0.5) is 8.78 Å². The van der Waals surface area contributed by atoms with Crippen LogP contribution in [0.25, 0.3) is 0 Å². The number of carbonyl (C=O) groups is 1. The van der Waals surface area contributed by atoms with Gasteiger partial charge in [-0.05, 0) is 23.5 Å². The Balaban J connectivity index is 2.70. The Labute approximate surface area is 121 Å². The van der Waals surface area contributed by atoms with Gasteiger partial charge in [-0.3, -0.25) is 4.55 Å². The van der Waals surface area contributed by atoms with Crippen LogP contribution in [0.1, 0.15) is 37.3 Å². The maximum atomic E-state index is 12.9. The Hall–Kier alpha value is -1.54. The molecule has 0 amide bonds. The molecule has 8 heteroatoms. The highest BCUT2D eigenvalue weighted by Gasteiger charge is 2.54. The number of rotatable bonds is 6. The van der Waals surface area contributed by atoms with Crippen LogP contribution in [0.2, 0.25) is 0 Å². The van der Waals surface area contributed by atoms with E-state index in [4.69, 9.17) is 4.55 Å². The van der Waals surface area contributed by atoms with E-state index in [1.54, 1.807) is 24.3 Å². The normalized spacial score (nSPS) is 13.8. The topological polar surface area (TPSA) is 80.7 Å². The first-order valence-electron chi connectivity index (χ1n) is 6.20. The van der Waals surface area contributed by atoms with Gasteiger partial charge < -0.3 is 4.74 Å². The SMILES string of the molecule is CCC(C)c1ccc(COC(=O)C(F)(F)S(=O)(=O)O)cc1. The molecule has 1 aromatic rings. The number of benzene rings is 1. The third kappa shape index (κ3) is 4.21. The van der Waals surface area contributed by atoms with E-state index < -0.39 is 27.9 Å². The van der Waals surface area contributed by atoms with Crippen LogP contribution < -0.4 is 0 Å². The maximum Gasteiger partial charge on any atom is 0.465 e. The van der Waals surface area contributed by atoms with Gasteiger partial charge in [0.15, 0.2) is 0 Å². The summed E-state index contributed by atoms with van der Waals surface area (Å²) >= 11 is 0. The lowest BCUT2D eigenvalue weighted by Crippen LogP contribution is -2.38. The van der Waals surface area contributed by atoms with Crippen molar-refractivity contribution in [2.24, 2.45) is 0 Å². The molecular weight excluding hydrogens is 306 g/mol. The van der Waals surface area contributed by atoms with Crippen molar-refractivity contribution < 1.29 is 31.3 Å². The van der Waals surface area contributed by atoms with Crippen LogP contribution in [-0.2, 0) is 26.3 Å². The maximum absolute atomic E-state index is 12.9. The Morgan fingerprint density at radius 1 is 1.33 bits per heavy atom. The average Bonchev–Trinajstić information content (AvgIpc) is 2.43. The molecule has 1 rings (SSSR count). The highest BCUT2D eigenvalue weighted by atomic mass is 32.2. The molecule has 1 aromatic carbocycles. The van der Waals surface area contributed by atoms with Gasteiger partial charge in [0.05, 0.1) is 0 Å². The van der Waals surface area contributed by atoms with E-state index >= 15 is 0 Å². The predicted molar refractivity (Wildman–Crippen MR) is 71.4 cm³/mol. The van der Waals surface area contributed by atoms with Crippen molar-refractivity contribution in [2.45, 2.75) is 38.0 Å². The van der Waals surface area contributed by atoms with Crippen molar-refractivity contribution in [1.82, 2.24) is 0 Å². The zero-order chi connectivity index (χ0) is 16.3. The number of hydrogen-bond donors (Lipinski definition) is 1. The molecule has 21 heavy (non-hydrogen) atoms. The average molecular weight is 322 g/mol. The summed E-state index contributed by atoms with van der Waals surface area (Å²) in [6.07, 6.45) is 0.939. The lowest BCUT2D eigenvalue weighted by Gasteiger charge is -2.13. The van der Waals surface area contributed by atoms with Gasteiger partial charge in [0.2, 0.25) is 0 Å². The summed E-state index contributed by atoms with van der Waals surface area (Å²) in [6.45, 7) is 3.55. The van der Waals surface area contributed by atoms with Crippen LogP contribution in [0.5, 0.6) is 0 Å². The lowest BCUT2D eigenvalue weighted by molar-refractivity contribution is -0.162. The summed E-state index contributed by atoms with van der Waals surface area (Å²) in [5.41, 5.74) is 1.48. The molecule has 0 aliphatic heterocycles. The first-order chi connectivity index (χ1) is 9.59. The van der Waals surface area contributed by atoms with Gasteiger partial charge in [-0.15, -0.1) is 0 Å². The van der Waals surface area contributed by atoms with Crippen molar-refractivity contribution >= 4 is 16.1 Å². The molecule has 0 aliphatic carbocycles. The summed E-state index contributed by atoms with van der Waals surface area (Å²) in [7, 11) is -5.84. The Bertz CT molecular complexity index is 595. The van der Waals surface area contributed by atoms with Gasteiger partial charge in [-0.25, -0.2) is 4.79 Å². The van der Waals surface area contributed by atoms with Crippen LogP contribution in [-0.4, -0.2) is 24.2 Å². The first-order valence-corrected chi connectivity index (χ1v) is 7.64. The Morgan fingerprint density at radius 3 is 2.29 bits per heavy atom. The molecule has 118 valence electrons. The second-order valence-electron chi connectivity index (χ2n) is 4.62. The summed E-state index contributed by atoms with van der Waals surface area (Å²) in [4.78, 5) is 11.0. The lowest BCUT2D eigenvalue weighted by atomic mass is 9.98. The number of carbonyl (C=O) groups excluding carboxylic acids is 1.